The SMILES string of the molecule is CC(C(=O)O)C(C)n1nnnc1C(C)n1cccn1. The molecule has 0 spiro atoms. The summed E-state index contributed by atoms with van der Waals surface area (Å²) >= 11 is 0. The van der Waals surface area contributed by atoms with E-state index >= 15 is 0 Å². The van der Waals surface area contributed by atoms with Gasteiger partial charge in [0.15, 0.2) is 5.82 Å². The lowest BCUT2D eigenvalue weighted by Gasteiger charge is -2.19. The first-order valence-electron chi connectivity index (χ1n) is 6.02. The van der Waals surface area contributed by atoms with E-state index < -0.39 is 11.9 Å². The first-order chi connectivity index (χ1) is 9.02. The molecule has 0 saturated heterocycles. The Bertz CT molecular complexity index is 549. The molecular weight excluding hydrogens is 248 g/mol. The first kappa shape index (κ1) is 13.2. The average molecular weight is 264 g/mol. The fourth-order valence-electron chi connectivity index (χ4n) is 1.81. The Labute approximate surface area is 110 Å². The Balaban J connectivity index is 2.30. The zero-order valence-electron chi connectivity index (χ0n) is 11.0. The molecule has 102 valence electrons. The van der Waals surface area contributed by atoms with Crippen LogP contribution < -0.4 is 0 Å². The molecule has 0 fully saturated rings. The van der Waals surface area contributed by atoms with Crippen LogP contribution in [-0.2, 0) is 4.79 Å². The van der Waals surface area contributed by atoms with Crippen LogP contribution in [-0.4, -0.2) is 41.1 Å². The summed E-state index contributed by atoms with van der Waals surface area (Å²) in [6.07, 6.45) is 3.49. The molecule has 0 amide bonds. The largest absolute Gasteiger partial charge is 0.481 e. The van der Waals surface area contributed by atoms with Crippen molar-refractivity contribution < 1.29 is 9.90 Å². The molecular formula is C11H16N6O2. The van der Waals surface area contributed by atoms with Crippen LogP contribution in [0.25, 0.3) is 0 Å². The molecule has 0 aliphatic heterocycles. The summed E-state index contributed by atoms with van der Waals surface area (Å²) in [4.78, 5) is 11.0. The van der Waals surface area contributed by atoms with Crippen LogP contribution in [0.4, 0.5) is 0 Å². The predicted molar refractivity (Wildman–Crippen MR) is 65.4 cm³/mol. The Morgan fingerprint density at radius 1 is 1.37 bits per heavy atom. The smallest absolute Gasteiger partial charge is 0.308 e. The Morgan fingerprint density at radius 3 is 2.68 bits per heavy atom. The van der Waals surface area contributed by atoms with Crippen LogP contribution in [0.5, 0.6) is 0 Å². The fraction of sp³-hybridized carbons (Fsp3) is 0.545. The second kappa shape index (κ2) is 5.17. The van der Waals surface area contributed by atoms with Crippen LogP contribution in [0, 0.1) is 5.92 Å². The van der Waals surface area contributed by atoms with Gasteiger partial charge >= 0.3 is 5.97 Å². The van der Waals surface area contributed by atoms with Gasteiger partial charge in [0.1, 0.15) is 6.04 Å². The molecule has 19 heavy (non-hydrogen) atoms. The summed E-state index contributed by atoms with van der Waals surface area (Å²) in [7, 11) is 0. The van der Waals surface area contributed by atoms with Crippen molar-refractivity contribution in [2.75, 3.05) is 0 Å². The van der Waals surface area contributed by atoms with Gasteiger partial charge < -0.3 is 5.11 Å². The van der Waals surface area contributed by atoms with Gasteiger partial charge in [0, 0.05) is 12.4 Å². The number of aromatic nitrogens is 6. The maximum absolute atomic E-state index is 11.0. The van der Waals surface area contributed by atoms with Crippen molar-refractivity contribution in [1.29, 1.82) is 0 Å². The standard InChI is InChI=1S/C11H16N6O2/c1-7(11(18)19)8(2)17-10(13-14-15-17)9(3)16-6-4-5-12-16/h4-9H,1-3H3,(H,18,19). The molecule has 2 heterocycles. The molecule has 8 nitrogen and oxygen atoms in total. The Hall–Kier alpha value is -2.25. The molecule has 1 N–H and O–H groups in total. The van der Waals surface area contributed by atoms with Crippen LogP contribution >= 0.6 is 0 Å². The fourth-order valence-corrected chi connectivity index (χ4v) is 1.81. The summed E-state index contributed by atoms with van der Waals surface area (Å²) in [5, 5.41) is 24.7. The molecule has 0 saturated carbocycles. The third kappa shape index (κ3) is 2.47. The predicted octanol–water partition coefficient (Wildman–Crippen LogP) is 0.761. The highest BCUT2D eigenvalue weighted by molar-refractivity contribution is 5.70. The van der Waals surface area contributed by atoms with E-state index in [9.17, 15) is 4.79 Å². The summed E-state index contributed by atoms with van der Waals surface area (Å²) in [5.41, 5.74) is 0. The van der Waals surface area contributed by atoms with E-state index in [0.717, 1.165) is 0 Å². The van der Waals surface area contributed by atoms with Crippen LogP contribution in [0.15, 0.2) is 18.5 Å². The molecule has 2 aromatic heterocycles. The van der Waals surface area contributed by atoms with E-state index in [-0.39, 0.29) is 12.1 Å². The summed E-state index contributed by atoms with van der Waals surface area (Å²) in [6, 6.07) is 1.32. The van der Waals surface area contributed by atoms with Gasteiger partial charge in [-0.25, -0.2) is 4.68 Å². The lowest BCUT2D eigenvalue weighted by atomic mass is 10.0. The topological polar surface area (TPSA) is 98.7 Å². The van der Waals surface area contributed by atoms with Gasteiger partial charge in [-0.05, 0) is 37.3 Å². The zero-order valence-corrected chi connectivity index (χ0v) is 11.0. The van der Waals surface area contributed by atoms with Gasteiger partial charge in [-0.3, -0.25) is 9.48 Å². The van der Waals surface area contributed by atoms with Crippen molar-refractivity contribution in [3.63, 3.8) is 0 Å². The van der Waals surface area contributed by atoms with Crippen molar-refractivity contribution in [2.45, 2.75) is 32.9 Å². The van der Waals surface area contributed by atoms with E-state index in [1.807, 2.05) is 19.2 Å². The minimum atomic E-state index is -0.874. The first-order valence-corrected chi connectivity index (χ1v) is 6.02. The molecule has 3 unspecified atom stereocenters. The number of rotatable bonds is 5. The van der Waals surface area contributed by atoms with Gasteiger partial charge in [0.2, 0.25) is 0 Å². The monoisotopic (exact) mass is 264 g/mol. The molecule has 0 aliphatic rings. The summed E-state index contributed by atoms with van der Waals surface area (Å²) in [5.74, 6) is -0.864. The van der Waals surface area contributed by atoms with Gasteiger partial charge in [-0.1, -0.05) is 0 Å². The maximum Gasteiger partial charge on any atom is 0.308 e. The molecule has 3 atom stereocenters. The molecule has 0 aliphatic carbocycles. The van der Waals surface area contributed by atoms with Gasteiger partial charge in [0.05, 0.1) is 12.0 Å². The molecule has 0 bridgehead atoms. The van der Waals surface area contributed by atoms with Gasteiger partial charge in [-0.2, -0.15) is 5.10 Å². The highest BCUT2D eigenvalue weighted by Gasteiger charge is 2.26. The molecule has 0 aromatic carbocycles. The van der Waals surface area contributed by atoms with Crippen LogP contribution in [0.3, 0.4) is 0 Å². The third-order valence-corrected chi connectivity index (χ3v) is 3.31. The van der Waals surface area contributed by atoms with E-state index in [0.29, 0.717) is 5.82 Å². The van der Waals surface area contributed by atoms with E-state index in [4.69, 9.17) is 5.11 Å². The van der Waals surface area contributed by atoms with Crippen molar-refractivity contribution in [2.24, 2.45) is 5.92 Å². The Morgan fingerprint density at radius 2 is 2.11 bits per heavy atom. The minimum absolute atomic E-state index is 0.159. The molecule has 2 rings (SSSR count). The molecule has 8 heteroatoms. The van der Waals surface area contributed by atoms with E-state index in [1.165, 1.54) is 0 Å². The number of tetrazole rings is 1. The molecule has 2 aromatic rings. The summed E-state index contributed by atoms with van der Waals surface area (Å²) < 4.78 is 3.27. The van der Waals surface area contributed by atoms with Gasteiger partial charge in [0.25, 0.3) is 0 Å². The quantitative estimate of drug-likeness (QED) is 0.856. The van der Waals surface area contributed by atoms with Crippen LogP contribution in [0.2, 0.25) is 0 Å². The second-order valence-electron chi connectivity index (χ2n) is 4.51. The normalized spacial score (nSPS) is 15.9. The number of hydrogen-bond donors (Lipinski definition) is 1. The number of carboxylic acids is 1. The lowest BCUT2D eigenvalue weighted by Crippen LogP contribution is -2.26. The van der Waals surface area contributed by atoms with Crippen LogP contribution in [0.1, 0.15) is 38.7 Å². The Kier molecular flexibility index (Phi) is 3.59. The highest BCUT2D eigenvalue weighted by Crippen LogP contribution is 2.22. The average Bonchev–Trinajstić information content (AvgIpc) is 3.06. The third-order valence-electron chi connectivity index (χ3n) is 3.31. The highest BCUT2D eigenvalue weighted by atomic mass is 16.4. The number of aliphatic carboxylic acids is 1. The zero-order chi connectivity index (χ0) is 14.0. The number of hydrogen-bond acceptors (Lipinski definition) is 5. The number of carboxylic acid groups (broad SMARTS) is 1. The summed E-state index contributed by atoms with van der Waals surface area (Å²) in [6.45, 7) is 5.33. The minimum Gasteiger partial charge on any atom is -0.481 e. The number of nitrogens with zero attached hydrogens (tertiary/aromatic N) is 6. The van der Waals surface area contributed by atoms with Gasteiger partial charge in [-0.15, -0.1) is 5.10 Å². The van der Waals surface area contributed by atoms with Crippen molar-refractivity contribution >= 4 is 5.97 Å². The lowest BCUT2D eigenvalue weighted by molar-refractivity contribution is -0.142. The second-order valence-corrected chi connectivity index (χ2v) is 4.51. The van der Waals surface area contributed by atoms with E-state index in [2.05, 4.69) is 20.6 Å². The van der Waals surface area contributed by atoms with Crippen molar-refractivity contribution in [3.05, 3.63) is 24.3 Å². The molecule has 0 radical (unpaired) electrons. The van der Waals surface area contributed by atoms with E-state index in [1.54, 1.807) is 29.4 Å². The number of carbonyl (C=O) groups is 1. The van der Waals surface area contributed by atoms with Crippen molar-refractivity contribution in [1.82, 2.24) is 30.0 Å². The maximum atomic E-state index is 11.0. The van der Waals surface area contributed by atoms with Crippen molar-refractivity contribution in [3.8, 4) is 0 Å².